The highest BCUT2D eigenvalue weighted by atomic mass is 79.9. The van der Waals surface area contributed by atoms with Crippen molar-refractivity contribution >= 4 is 50.5 Å². The second-order valence-electron chi connectivity index (χ2n) is 3.52. The third-order valence-corrected chi connectivity index (χ3v) is 4.47. The van der Waals surface area contributed by atoms with Gasteiger partial charge in [-0.05, 0) is 42.1 Å². The van der Waals surface area contributed by atoms with Crippen molar-refractivity contribution < 1.29 is 4.79 Å². The van der Waals surface area contributed by atoms with Crippen LogP contribution in [0.5, 0.6) is 0 Å². The number of benzene rings is 1. The minimum atomic E-state index is -0.174. The van der Waals surface area contributed by atoms with E-state index in [-0.39, 0.29) is 5.91 Å². The number of carbonyl (C=O) groups excluding carboxylic acids is 1. The summed E-state index contributed by atoms with van der Waals surface area (Å²) in [7, 11) is 0. The number of rotatable bonds is 2. The number of hydrogen-bond acceptors (Lipinski definition) is 2. The molecular formula is C12H9BrClNOS. The van der Waals surface area contributed by atoms with Crippen LogP contribution in [0.2, 0.25) is 5.02 Å². The van der Waals surface area contributed by atoms with E-state index in [2.05, 4.69) is 21.2 Å². The first kappa shape index (κ1) is 12.6. The summed E-state index contributed by atoms with van der Waals surface area (Å²) < 4.78 is 1.02. The number of anilines is 1. The van der Waals surface area contributed by atoms with Gasteiger partial charge in [-0.15, -0.1) is 11.3 Å². The van der Waals surface area contributed by atoms with E-state index in [1.165, 1.54) is 11.3 Å². The standard InChI is InChI=1S/C12H9BrClNOS/c1-7-6-8(2-3-9(7)13)15-12(16)11-10(14)4-5-17-11/h2-6H,1H3,(H,15,16). The third-order valence-electron chi connectivity index (χ3n) is 2.24. The van der Waals surface area contributed by atoms with Crippen LogP contribution >= 0.6 is 38.9 Å². The molecule has 2 nitrogen and oxygen atoms in total. The van der Waals surface area contributed by atoms with Crippen LogP contribution in [0.15, 0.2) is 34.1 Å². The van der Waals surface area contributed by atoms with E-state index >= 15 is 0 Å². The topological polar surface area (TPSA) is 29.1 Å². The predicted octanol–water partition coefficient (Wildman–Crippen LogP) is 4.72. The van der Waals surface area contributed by atoms with Crippen LogP contribution in [0.25, 0.3) is 0 Å². The lowest BCUT2D eigenvalue weighted by atomic mass is 10.2. The van der Waals surface area contributed by atoms with E-state index in [0.717, 1.165) is 15.7 Å². The van der Waals surface area contributed by atoms with Crippen LogP contribution in [0, 0.1) is 6.92 Å². The van der Waals surface area contributed by atoms with Gasteiger partial charge in [0.2, 0.25) is 0 Å². The van der Waals surface area contributed by atoms with Gasteiger partial charge in [0.15, 0.2) is 0 Å². The van der Waals surface area contributed by atoms with Crippen LogP contribution in [0.4, 0.5) is 5.69 Å². The Bertz CT molecular complexity index is 567. The van der Waals surface area contributed by atoms with E-state index in [1.54, 1.807) is 11.4 Å². The highest BCUT2D eigenvalue weighted by Crippen LogP contribution is 2.24. The second-order valence-corrected chi connectivity index (χ2v) is 5.69. The van der Waals surface area contributed by atoms with Gasteiger partial charge in [-0.2, -0.15) is 0 Å². The number of halogens is 2. The van der Waals surface area contributed by atoms with Crippen LogP contribution in [0.3, 0.4) is 0 Å². The summed E-state index contributed by atoms with van der Waals surface area (Å²) >= 11 is 10.6. The molecule has 88 valence electrons. The van der Waals surface area contributed by atoms with Crippen molar-refractivity contribution in [2.24, 2.45) is 0 Å². The van der Waals surface area contributed by atoms with E-state index in [0.29, 0.717) is 9.90 Å². The molecule has 1 heterocycles. The summed E-state index contributed by atoms with van der Waals surface area (Å²) in [5.41, 5.74) is 1.83. The fourth-order valence-electron chi connectivity index (χ4n) is 1.37. The molecule has 0 aliphatic carbocycles. The average molecular weight is 331 g/mol. The molecule has 0 saturated heterocycles. The van der Waals surface area contributed by atoms with Gasteiger partial charge in [-0.3, -0.25) is 4.79 Å². The molecule has 0 bridgehead atoms. The number of aryl methyl sites for hydroxylation is 1. The Morgan fingerprint density at radius 1 is 1.41 bits per heavy atom. The molecule has 1 amide bonds. The van der Waals surface area contributed by atoms with Gasteiger partial charge in [-0.1, -0.05) is 27.5 Å². The molecule has 2 rings (SSSR count). The van der Waals surface area contributed by atoms with Gasteiger partial charge in [0.1, 0.15) is 4.88 Å². The Hall–Kier alpha value is -0.840. The van der Waals surface area contributed by atoms with Crippen LogP contribution in [-0.2, 0) is 0 Å². The number of thiophene rings is 1. The monoisotopic (exact) mass is 329 g/mol. The summed E-state index contributed by atoms with van der Waals surface area (Å²) in [4.78, 5) is 12.4. The van der Waals surface area contributed by atoms with Gasteiger partial charge in [0.25, 0.3) is 5.91 Å². The molecule has 0 atom stereocenters. The van der Waals surface area contributed by atoms with E-state index in [9.17, 15) is 4.79 Å². The molecule has 1 aromatic heterocycles. The molecule has 1 aromatic carbocycles. The lowest BCUT2D eigenvalue weighted by molar-refractivity contribution is 0.103. The van der Waals surface area contributed by atoms with Crippen molar-refractivity contribution in [2.45, 2.75) is 6.92 Å². The number of nitrogens with one attached hydrogen (secondary N) is 1. The van der Waals surface area contributed by atoms with Crippen molar-refractivity contribution in [3.05, 3.63) is 49.6 Å². The fourth-order valence-corrected chi connectivity index (χ4v) is 2.65. The zero-order valence-electron chi connectivity index (χ0n) is 8.96. The molecule has 0 aliphatic rings. The Balaban J connectivity index is 2.19. The zero-order valence-corrected chi connectivity index (χ0v) is 12.1. The predicted molar refractivity (Wildman–Crippen MR) is 76.2 cm³/mol. The Kier molecular flexibility index (Phi) is 3.86. The van der Waals surface area contributed by atoms with Crippen molar-refractivity contribution in [2.75, 3.05) is 5.32 Å². The first-order valence-corrected chi connectivity index (χ1v) is 6.93. The Morgan fingerprint density at radius 3 is 2.76 bits per heavy atom. The SMILES string of the molecule is Cc1cc(NC(=O)c2sccc2Cl)ccc1Br. The van der Waals surface area contributed by atoms with Crippen molar-refractivity contribution in [1.82, 2.24) is 0 Å². The average Bonchev–Trinajstić information content (AvgIpc) is 2.70. The second kappa shape index (κ2) is 5.21. The maximum absolute atomic E-state index is 11.9. The van der Waals surface area contributed by atoms with Crippen molar-refractivity contribution in [1.29, 1.82) is 0 Å². The minimum Gasteiger partial charge on any atom is -0.321 e. The number of carbonyl (C=O) groups is 1. The molecule has 17 heavy (non-hydrogen) atoms. The summed E-state index contributed by atoms with van der Waals surface area (Å²) in [6.45, 7) is 1.97. The molecule has 0 aliphatic heterocycles. The molecule has 0 saturated carbocycles. The first-order valence-electron chi connectivity index (χ1n) is 4.88. The van der Waals surface area contributed by atoms with E-state index < -0.39 is 0 Å². The molecule has 5 heteroatoms. The van der Waals surface area contributed by atoms with Gasteiger partial charge in [0, 0.05) is 10.2 Å². The summed E-state index contributed by atoms with van der Waals surface area (Å²) in [6, 6.07) is 7.37. The third kappa shape index (κ3) is 2.89. The quantitative estimate of drug-likeness (QED) is 0.847. The molecule has 2 aromatic rings. The molecule has 0 unspecified atom stereocenters. The summed E-state index contributed by atoms with van der Waals surface area (Å²) in [5, 5.41) is 5.10. The molecule has 1 N–H and O–H groups in total. The number of amides is 1. The molecule has 0 spiro atoms. The maximum atomic E-state index is 11.9. The van der Waals surface area contributed by atoms with E-state index in [4.69, 9.17) is 11.6 Å². The van der Waals surface area contributed by atoms with Crippen molar-refractivity contribution in [3.8, 4) is 0 Å². The van der Waals surface area contributed by atoms with Gasteiger partial charge < -0.3 is 5.32 Å². The lowest BCUT2D eigenvalue weighted by Crippen LogP contribution is -2.10. The summed E-state index contributed by atoms with van der Waals surface area (Å²) in [5.74, 6) is -0.174. The maximum Gasteiger partial charge on any atom is 0.267 e. The lowest BCUT2D eigenvalue weighted by Gasteiger charge is -2.06. The Morgan fingerprint density at radius 2 is 2.18 bits per heavy atom. The van der Waals surface area contributed by atoms with Crippen LogP contribution < -0.4 is 5.32 Å². The molecular weight excluding hydrogens is 322 g/mol. The smallest absolute Gasteiger partial charge is 0.267 e. The number of hydrogen-bond donors (Lipinski definition) is 1. The van der Waals surface area contributed by atoms with Crippen LogP contribution in [-0.4, -0.2) is 5.91 Å². The normalized spacial score (nSPS) is 10.3. The van der Waals surface area contributed by atoms with Crippen molar-refractivity contribution in [3.63, 3.8) is 0 Å². The van der Waals surface area contributed by atoms with Gasteiger partial charge in [-0.25, -0.2) is 0 Å². The highest BCUT2D eigenvalue weighted by molar-refractivity contribution is 9.10. The first-order chi connectivity index (χ1) is 8.08. The molecule has 0 fully saturated rings. The molecule has 0 radical (unpaired) electrons. The minimum absolute atomic E-state index is 0.174. The van der Waals surface area contributed by atoms with Gasteiger partial charge in [0.05, 0.1) is 5.02 Å². The van der Waals surface area contributed by atoms with Gasteiger partial charge >= 0.3 is 0 Å². The zero-order chi connectivity index (χ0) is 12.4. The Labute approximate surface area is 117 Å². The highest BCUT2D eigenvalue weighted by Gasteiger charge is 2.12. The van der Waals surface area contributed by atoms with E-state index in [1.807, 2.05) is 25.1 Å². The van der Waals surface area contributed by atoms with Crippen LogP contribution in [0.1, 0.15) is 15.2 Å². The summed E-state index contributed by atoms with van der Waals surface area (Å²) in [6.07, 6.45) is 0. The fraction of sp³-hybridized carbons (Fsp3) is 0.0833. The largest absolute Gasteiger partial charge is 0.321 e.